The Morgan fingerprint density at radius 2 is 1.68 bits per heavy atom. The van der Waals surface area contributed by atoms with Crippen molar-refractivity contribution in [1.29, 1.82) is 0 Å². The molecule has 0 aromatic heterocycles. The molecule has 1 saturated carbocycles. The molecule has 0 nitrogen and oxygen atoms in total. The van der Waals surface area contributed by atoms with Gasteiger partial charge in [0.2, 0.25) is 0 Å². The van der Waals surface area contributed by atoms with E-state index in [4.69, 9.17) is 11.6 Å². The highest BCUT2D eigenvalue weighted by atomic mass is 35.5. The molecule has 3 aromatic carbocycles. The molecule has 4 rings (SSSR count). The molecule has 0 spiro atoms. The molecule has 0 amide bonds. The molecule has 0 atom stereocenters. The molecule has 142 valence electrons. The van der Waals surface area contributed by atoms with Crippen LogP contribution in [0.4, 0.5) is 4.39 Å². The fourth-order valence-electron chi connectivity index (χ4n) is 4.24. The predicted molar refractivity (Wildman–Crippen MR) is 116 cm³/mol. The zero-order valence-electron chi connectivity index (χ0n) is 16.1. The van der Waals surface area contributed by atoms with Gasteiger partial charge in [-0.05, 0) is 78.8 Å². The van der Waals surface area contributed by atoms with E-state index < -0.39 is 0 Å². The monoisotopic (exact) mass is 390 g/mol. The van der Waals surface area contributed by atoms with Crippen molar-refractivity contribution in [2.75, 3.05) is 0 Å². The minimum atomic E-state index is -0.236. The maximum absolute atomic E-state index is 15.0. The molecule has 28 heavy (non-hydrogen) atoms. The number of hydrogen-bond acceptors (Lipinski definition) is 0. The normalized spacial score (nSPS) is 19.2. The third kappa shape index (κ3) is 4.08. The summed E-state index contributed by atoms with van der Waals surface area (Å²) in [5, 5.41) is 2.28. The lowest BCUT2D eigenvalue weighted by Crippen LogP contribution is -2.12. The van der Waals surface area contributed by atoms with Gasteiger partial charge in [0, 0.05) is 16.0 Å². The van der Waals surface area contributed by atoms with E-state index in [0.717, 1.165) is 16.9 Å². The van der Waals surface area contributed by atoms with Crippen LogP contribution in [-0.4, -0.2) is 0 Å². The van der Waals surface area contributed by atoms with Gasteiger partial charge >= 0.3 is 0 Å². The highest BCUT2D eigenvalue weighted by Gasteiger charge is 2.21. The maximum Gasteiger partial charge on any atom is 0.146 e. The second-order valence-electron chi connectivity index (χ2n) is 7.79. The Kier molecular flexibility index (Phi) is 5.69. The number of rotatable bonds is 2. The zero-order valence-corrected chi connectivity index (χ0v) is 16.9. The molecule has 3 aromatic rings. The molecular formula is C26H24ClF. The Morgan fingerprint density at radius 1 is 0.929 bits per heavy atom. The van der Waals surface area contributed by atoms with Gasteiger partial charge in [0.15, 0.2) is 0 Å². The molecule has 1 aliphatic carbocycles. The van der Waals surface area contributed by atoms with Crippen molar-refractivity contribution in [3.05, 3.63) is 82.1 Å². The summed E-state index contributed by atoms with van der Waals surface area (Å²) in [5.41, 5.74) is 2.60. The summed E-state index contributed by atoms with van der Waals surface area (Å²) in [6.07, 6.45) is 6.41. The van der Waals surface area contributed by atoms with Gasteiger partial charge in [-0.3, -0.25) is 0 Å². The van der Waals surface area contributed by atoms with E-state index in [-0.39, 0.29) is 5.82 Å². The van der Waals surface area contributed by atoms with Gasteiger partial charge in [0.1, 0.15) is 5.82 Å². The van der Waals surface area contributed by atoms with Crippen LogP contribution >= 0.6 is 11.6 Å². The summed E-state index contributed by atoms with van der Waals surface area (Å²) in [6, 6.07) is 17.3. The SMILES string of the molecule is CCC1CCC(c2ccc3c(F)c(C#Cc4ccc(Cl)cc4)ccc3c2)CC1. The van der Waals surface area contributed by atoms with E-state index in [1.54, 1.807) is 18.2 Å². The minimum Gasteiger partial charge on any atom is -0.205 e. The highest BCUT2D eigenvalue weighted by molar-refractivity contribution is 6.30. The summed E-state index contributed by atoms with van der Waals surface area (Å²) in [5.74, 6) is 7.24. The third-order valence-electron chi connectivity index (χ3n) is 6.06. The van der Waals surface area contributed by atoms with Crippen molar-refractivity contribution < 1.29 is 4.39 Å². The fraction of sp³-hybridized carbons (Fsp3) is 0.308. The first kappa shape index (κ1) is 19.0. The van der Waals surface area contributed by atoms with Crippen molar-refractivity contribution in [1.82, 2.24) is 0 Å². The van der Waals surface area contributed by atoms with Crippen molar-refractivity contribution in [3.8, 4) is 11.8 Å². The predicted octanol–water partition coefficient (Wildman–Crippen LogP) is 7.72. The molecular weight excluding hydrogens is 367 g/mol. The Balaban J connectivity index is 1.59. The second-order valence-corrected chi connectivity index (χ2v) is 8.23. The van der Waals surface area contributed by atoms with E-state index in [1.165, 1.54) is 37.7 Å². The van der Waals surface area contributed by atoms with Crippen molar-refractivity contribution >= 4 is 22.4 Å². The average Bonchev–Trinajstić information content (AvgIpc) is 2.74. The lowest BCUT2D eigenvalue weighted by molar-refractivity contribution is 0.319. The smallest absolute Gasteiger partial charge is 0.146 e. The molecule has 0 saturated heterocycles. The van der Waals surface area contributed by atoms with E-state index in [1.807, 2.05) is 24.3 Å². The summed E-state index contributed by atoms with van der Waals surface area (Å²) in [7, 11) is 0. The molecule has 2 heteroatoms. The molecule has 0 aliphatic heterocycles. The number of halogens is 2. The van der Waals surface area contributed by atoms with E-state index in [9.17, 15) is 4.39 Å². The Bertz CT molecular complexity index is 1030. The molecule has 0 radical (unpaired) electrons. The van der Waals surface area contributed by atoms with E-state index in [0.29, 0.717) is 21.9 Å². The fourth-order valence-corrected chi connectivity index (χ4v) is 4.36. The lowest BCUT2D eigenvalue weighted by atomic mass is 9.77. The topological polar surface area (TPSA) is 0 Å². The first-order chi connectivity index (χ1) is 13.6. The van der Waals surface area contributed by atoms with Crippen molar-refractivity contribution in [3.63, 3.8) is 0 Å². The van der Waals surface area contributed by atoms with Crippen LogP contribution in [0.1, 0.15) is 61.6 Å². The van der Waals surface area contributed by atoms with Crippen molar-refractivity contribution in [2.24, 2.45) is 5.92 Å². The first-order valence-electron chi connectivity index (χ1n) is 10.1. The van der Waals surface area contributed by atoms with Crippen LogP contribution in [0, 0.1) is 23.6 Å². The standard InChI is InChI=1S/C26H24ClF/c1-2-18-3-8-20(9-4-18)22-13-16-25-23(17-22)12-11-21(26(25)28)10-5-19-6-14-24(27)15-7-19/h6-7,11-18,20H,2-4,8-9H2,1H3. The largest absolute Gasteiger partial charge is 0.205 e. The van der Waals surface area contributed by atoms with Crippen LogP contribution in [0.3, 0.4) is 0 Å². The van der Waals surface area contributed by atoms with E-state index in [2.05, 4.69) is 30.9 Å². The van der Waals surface area contributed by atoms with Gasteiger partial charge in [-0.2, -0.15) is 0 Å². The molecule has 0 N–H and O–H groups in total. The molecule has 0 unspecified atom stereocenters. The van der Waals surface area contributed by atoms with Crippen LogP contribution in [0.15, 0.2) is 54.6 Å². The minimum absolute atomic E-state index is 0.236. The summed E-state index contributed by atoms with van der Waals surface area (Å²) >= 11 is 5.89. The summed E-state index contributed by atoms with van der Waals surface area (Å²) in [4.78, 5) is 0. The van der Waals surface area contributed by atoms with Gasteiger partial charge in [-0.1, -0.05) is 61.1 Å². The molecule has 0 bridgehead atoms. The van der Waals surface area contributed by atoms with Gasteiger partial charge in [0.25, 0.3) is 0 Å². The number of hydrogen-bond donors (Lipinski definition) is 0. The van der Waals surface area contributed by atoms with Gasteiger partial charge in [0.05, 0.1) is 5.56 Å². The number of fused-ring (bicyclic) bond motifs is 1. The third-order valence-corrected chi connectivity index (χ3v) is 6.31. The average molecular weight is 391 g/mol. The van der Waals surface area contributed by atoms with Crippen LogP contribution in [0.5, 0.6) is 0 Å². The Labute approximate surface area is 171 Å². The van der Waals surface area contributed by atoms with Crippen LogP contribution in [-0.2, 0) is 0 Å². The van der Waals surface area contributed by atoms with Crippen LogP contribution < -0.4 is 0 Å². The van der Waals surface area contributed by atoms with Gasteiger partial charge in [-0.25, -0.2) is 4.39 Å². The second kappa shape index (κ2) is 8.38. The zero-order chi connectivity index (χ0) is 19.5. The Morgan fingerprint density at radius 3 is 2.39 bits per heavy atom. The van der Waals surface area contributed by atoms with Crippen LogP contribution in [0.2, 0.25) is 5.02 Å². The summed E-state index contributed by atoms with van der Waals surface area (Å²) in [6.45, 7) is 2.29. The summed E-state index contributed by atoms with van der Waals surface area (Å²) < 4.78 is 15.0. The van der Waals surface area contributed by atoms with E-state index >= 15 is 0 Å². The Hall–Kier alpha value is -2.30. The molecule has 1 aliphatic rings. The molecule has 1 fully saturated rings. The first-order valence-corrected chi connectivity index (χ1v) is 10.5. The quantitative estimate of drug-likeness (QED) is 0.393. The number of benzene rings is 3. The highest BCUT2D eigenvalue weighted by Crippen LogP contribution is 2.38. The van der Waals surface area contributed by atoms with Crippen molar-refractivity contribution in [2.45, 2.75) is 44.9 Å². The lowest BCUT2D eigenvalue weighted by Gasteiger charge is -2.28. The molecule has 0 heterocycles. The van der Waals surface area contributed by atoms with Gasteiger partial charge < -0.3 is 0 Å². The van der Waals surface area contributed by atoms with Crippen LogP contribution in [0.25, 0.3) is 10.8 Å². The van der Waals surface area contributed by atoms with Gasteiger partial charge in [-0.15, -0.1) is 0 Å². The maximum atomic E-state index is 15.0.